The molecule has 3 rings (SSSR count). The van der Waals surface area contributed by atoms with E-state index in [-0.39, 0.29) is 10.6 Å². The minimum Gasteiger partial charge on any atom is -0.344 e. The normalized spacial score (nSPS) is 16.9. The molecule has 0 amide bonds. The van der Waals surface area contributed by atoms with E-state index in [1.54, 1.807) is 13.0 Å². The van der Waals surface area contributed by atoms with Gasteiger partial charge in [0.05, 0.1) is 4.92 Å². The van der Waals surface area contributed by atoms with Crippen LogP contribution in [-0.2, 0) is 0 Å². The van der Waals surface area contributed by atoms with Gasteiger partial charge in [-0.2, -0.15) is 0 Å². The highest BCUT2D eigenvalue weighted by atomic mass is 16.6. The topological polar surface area (TPSA) is 48.1 Å². The third-order valence-corrected chi connectivity index (χ3v) is 4.14. The van der Waals surface area contributed by atoms with Gasteiger partial charge in [0.25, 0.3) is 0 Å². The van der Waals surface area contributed by atoms with E-state index < -0.39 is 0 Å². The summed E-state index contributed by atoms with van der Waals surface area (Å²) in [6.45, 7) is 1.54. The zero-order chi connectivity index (χ0) is 14.1. The van der Waals surface area contributed by atoms with E-state index in [4.69, 9.17) is 0 Å². The highest BCUT2D eigenvalue weighted by Crippen LogP contribution is 2.34. The summed E-state index contributed by atoms with van der Waals surface area (Å²) in [7, 11) is 0. The van der Waals surface area contributed by atoms with Crippen molar-refractivity contribution in [2.45, 2.75) is 38.6 Å². The van der Waals surface area contributed by atoms with Crippen molar-refractivity contribution >= 4 is 17.0 Å². The Morgan fingerprint density at radius 2 is 2.05 bits per heavy atom. The standard InChI is InChI=1S/C16H18N2O2/c1-12(18(19)20)10-13-11-17(14-6-2-3-7-14)16-9-5-4-8-15(13)16/h4-5,8-11,14H,2-3,6-7H2,1H3/b12-10+. The molecule has 1 aromatic carbocycles. The van der Waals surface area contributed by atoms with Crippen LogP contribution in [0.15, 0.2) is 36.2 Å². The van der Waals surface area contributed by atoms with Crippen molar-refractivity contribution in [2.24, 2.45) is 0 Å². The molecule has 0 spiro atoms. The minimum atomic E-state index is -0.332. The van der Waals surface area contributed by atoms with Crippen LogP contribution in [0.3, 0.4) is 0 Å². The average molecular weight is 270 g/mol. The number of para-hydroxylation sites is 1. The molecule has 0 unspecified atom stereocenters. The fourth-order valence-corrected chi connectivity index (χ4v) is 3.11. The molecule has 1 aliphatic carbocycles. The first-order chi connectivity index (χ1) is 9.66. The quantitative estimate of drug-likeness (QED) is 0.613. The monoisotopic (exact) mass is 270 g/mol. The zero-order valence-electron chi connectivity index (χ0n) is 11.6. The first-order valence-electron chi connectivity index (χ1n) is 7.09. The second-order valence-corrected chi connectivity index (χ2v) is 5.49. The molecule has 2 aromatic rings. The summed E-state index contributed by atoms with van der Waals surface area (Å²) in [6.07, 6.45) is 8.71. The molecular formula is C16H18N2O2. The number of hydrogen-bond acceptors (Lipinski definition) is 2. The zero-order valence-corrected chi connectivity index (χ0v) is 11.6. The Morgan fingerprint density at radius 3 is 2.75 bits per heavy atom. The molecule has 4 nitrogen and oxygen atoms in total. The molecule has 20 heavy (non-hydrogen) atoms. The summed E-state index contributed by atoms with van der Waals surface area (Å²) in [5, 5.41) is 11.9. The summed E-state index contributed by atoms with van der Waals surface area (Å²) < 4.78 is 2.31. The summed E-state index contributed by atoms with van der Waals surface area (Å²) in [5.74, 6) is 0. The Kier molecular flexibility index (Phi) is 3.30. The SMILES string of the molecule is C/C(=C\c1cn(C2CCCC2)c2ccccc12)[N+](=O)[O-]. The van der Waals surface area contributed by atoms with Crippen molar-refractivity contribution in [3.8, 4) is 0 Å². The Morgan fingerprint density at radius 1 is 1.35 bits per heavy atom. The maximum atomic E-state index is 10.8. The number of allylic oxidation sites excluding steroid dienone is 1. The van der Waals surface area contributed by atoms with Crippen LogP contribution in [0.2, 0.25) is 0 Å². The van der Waals surface area contributed by atoms with E-state index >= 15 is 0 Å². The van der Waals surface area contributed by atoms with Crippen molar-refractivity contribution in [1.82, 2.24) is 4.57 Å². The number of hydrogen-bond donors (Lipinski definition) is 0. The van der Waals surface area contributed by atoms with Gasteiger partial charge >= 0.3 is 0 Å². The van der Waals surface area contributed by atoms with Crippen molar-refractivity contribution in [1.29, 1.82) is 0 Å². The third kappa shape index (κ3) is 2.22. The van der Waals surface area contributed by atoms with Crippen molar-refractivity contribution < 1.29 is 4.92 Å². The summed E-state index contributed by atoms with van der Waals surface area (Å²) in [6, 6.07) is 8.70. The average Bonchev–Trinajstić information content (AvgIpc) is 3.06. The van der Waals surface area contributed by atoms with E-state index in [9.17, 15) is 10.1 Å². The molecule has 0 bridgehead atoms. The highest BCUT2D eigenvalue weighted by molar-refractivity contribution is 5.89. The maximum Gasteiger partial charge on any atom is 0.243 e. The Bertz CT molecular complexity index is 679. The lowest BCUT2D eigenvalue weighted by Crippen LogP contribution is -2.02. The lowest BCUT2D eigenvalue weighted by Gasteiger charge is -2.12. The Hall–Kier alpha value is -2.10. The third-order valence-electron chi connectivity index (χ3n) is 4.14. The molecule has 0 radical (unpaired) electrons. The van der Waals surface area contributed by atoms with E-state index in [2.05, 4.69) is 16.8 Å². The highest BCUT2D eigenvalue weighted by Gasteiger charge is 2.19. The predicted molar refractivity (Wildman–Crippen MR) is 80.1 cm³/mol. The number of rotatable bonds is 3. The second kappa shape index (κ2) is 5.12. The predicted octanol–water partition coefficient (Wildman–Crippen LogP) is 4.39. The molecule has 1 heterocycles. The van der Waals surface area contributed by atoms with Crippen LogP contribution >= 0.6 is 0 Å². The molecule has 1 fully saturated rings. The molecule has 0 atom stereocenters. The van der Waals surface area contributed by atoms with Gasteiger partial charge in [0.2, 0.25) is 5.70 Å². The molecule has 1 aliphatic rings. The maximum absolute atomic E-state index is 10.8. The molecule has 0 saturated heterocycles. The smallest absolute Gasteiger partial charge is 0.243 e. The fraction of sp³-hybridized carbons (Fsp3) is 0.375. The van der Waals surface area contributed by atoms with Gasteiger partial charge in [0.15, 0.2) is 0 Å². The van der Waals surface area contributed by atoms with Gasteiger partial charge in [0.1, 0.15) is 0 Å². The van der Waals surface area contributed by atoms with Crippen LogP contribution in [0.1, 0.15) is 44.2 Å². The molecule has 1 saturated carbocycles. The van der Waals surface area contributed by atoms with Crippen molar-refractivity contribution in [3.05, 3.63) is 51.8 Å². The van der Waals surface area contributed by atoms with E-state index in [0.29, 0.717) is 6.04 Å². The fourth-order valence-electron chi connectivity index (χ4n) is 3.11. The van der Waals surface area contributed by atoms with Gasteiger partial charge in [-0.3, -0.25) is 10.1 Å². The summed E-state index contributed by atoms with van der Waals surface area (Å²) in [5.41, 5.74) is 2.31. The molecule has 4 heteroatoms. The Labute approximate surface area is 117 Å². The molecular weight excluding hydrogens is 252 g/mol. The van der Waals surface area contributed by atoms with E-state index in [0.717, 1.165) is 10.9 Å². The molecule has 0 N–H and O–H groups in total. The van der Waals surface area contributed by atoms with Gasteiger partial charge in [-0.25, -0.2) is 0 Å². The first kappa shape index (κ1) is 12.9. The molecule has 104 valence electrons. The van der Waals surface area contributed by atoms with Gasteiger partial charge < -0.3 is 4.57 Å². The van der Waals surface area contributed by atoms with Crippen LogP contribution in [-0.4, -0.2) is 9.49 Å². The Balaban J connectivity index is 2.13. The number of nitro groups is 1. The number of nitrogens with zero attached hydrogens (tertiary/aromatic N) is 2. The number of benzene rings is 1. The lowest BCUT2D eigenvalue weighted by atomic mass is 10.1. The van der Waals surface area contributed by atoms with Crippen LogP contribution in [0.4, 0.5) is 0 Å². The molecule has 1 aromatic heterocycles. The largest absolute Gasteiger partial charge is 0.344 e. The first-order valence-corrected chi connectivity index (χ1v) is 7.09. The van der Waals surface area contributed by atoms with Crippen LogP contribution in [0.5, 0.6) is 0 Å². The van der Waals surface area contributed by atoms with Crippen LogP contribution in [0, 0.1) is 10.1 Å². The van der Waals surface area contributed by atoms with Crippen molar-refractivity contribution in [3.63, 3.8) is 0 Å². The van der Waals surface area contributed by atoms with E-state index in [1.165, 1.54) is 31.2 Å². The van der Waals surface area contributed by atoms with Crippen LogP contribution < -0.4 is 0 Å². The number of aromatic nitrogens is 1. The summed E-state index contributed by atoms with van der Waals surface area (Å²) >= 11 is 0. The second-order valence-electron chi connectivity index (χ2n) is 5.49. The van der Waals surface area contributed by atoms with Gasteiger partial charge in [0, 0.05) is 41.7 Å². The van der Waals surface area contributed by atoms with Crippen molar-refractivity contribution in [2.75, 3.05) is 0 Å². The van der Waals surface area contributed by atoms with Gasteiger partial charge in [-0.15, -0.1) is 0 Å². The molecule has 0 aliphatic heterocycles. The van der Waals surface area contributed by atoms with Gasteiger partial charge in [-0.1, -0.05) is 31.0 Å². The van der Waals surface area contributed by atoms with Gasteiger partial charge in [-0.05, 0) is 18.9 Å². The van der Waals surface area contributed by atoms with Crippen LogP contribution in [0.25, 0.3) is 17.0 Å². The lowest BCUT2D eigenvalue weighted by molar-refractivity contribution is -0.422. The number of fused-ring (bicyclic) bond motifs is 1. The summed E-state index contributed by atoms with van der Waals surface area (Å²) in [4.78, 5) is 10.5. The van der Waals surface area contributed by atoms with E-state index in [1.807, 2.05) is 18.2 Å². The minimum absolute atomic E-state index is 0.180.